The minimum atomic E-state index is -0.388. The average Bonchev–Trinajstić information content (AvgIpc) is 2.70. The van der Waals surface area contributed by atoms with Gasteiger partial charge in [-0.25, -0.2) is 0 Å². The minimum Gasteiger partial charge on any atom is -0.508 e. The van der Waals surface area contributed by atoms with Crippen molar-refractivity contribution in [3.8, 4) is 28.7 Å². The van der Waals surface area contributed by atoms with E-state index in [1.165, 1.54) is 33.5 Å². The van der Waals surface area contributed by atoms with Gasteiger partial charge in [-0.05, 0) is 24.0 Å². The molecule has 2 aromatic carbocycles. The fourth-order valence-electron chi connectivity index (χ4n) is 3.17. The molecule has 0 heterocycles. The van der Waals surface area contributed by atoms with Gasteiger partial charge in [-0.15, -0.1) is 0 Å². The summed E-state index contributed by atoms with van der Waals surface area (Å²) in [6.07, 6.45) is 0.693. The predicted octanol–water partition coefficient (Wildman–Crippen LogP) is 4.30. The second-order valence-corrected chi connectivity index (χ2v) is 6.92. The molecule has 7 nitrogen and oxygen atoms in total. The van der Waals surface area contributed by atoms with Crippen LogP contribution in [-0.4, -0.2) is 44.0 Å². The van der Waals surface area contributed by atoms with Crippen molar-refractivity contribution in [3.63, 3.8) is 0 Å². The van der Waals surface area contributed by atoms with E-state index < -0.39 is 0 Å². The van der Waals surface area contributed by atoms with Crippen LogP contribution in [0.5, 0.6) is 28.7 Å². The molecular weight excluding hydrogens is 374 g/mol. The second-order valence-electron chi connectivity index (χ2n) is 6.92. The van der Waals surface area contributed by atoms with Crippen LogP contribution in [0.1, 0.15) is 49.0 Å². The van der Waals surface area contributed by atoms with Gasteiger partial charge in [0.15, 0.2) is 11.5 Å². The Kier molecular flexibility index (Phi) is 7.20. The normalized spacial score (nSPS) is 10.7. The molecule has 29 heavy (non-hydrogen) atoms. The Bertz CT molecular complexity index is 853. The number of anilines is 1. The smallest absolute Gasteiger partial charge is 0.262 e. The topological polar surface area (TPSA) is 88.5 Å². The molecule has 0 radical (unpaired) electrons. The molecule has 2 rings (SSSR count). The average molecular weight is 403 g/mol. The first-order valence-corrected chi connectivity index (χ1v) is 9.46. The van der Waals surface area contributed by atoms with Crippen LogP contribution in [0, 0.1) is 0 Å². The summed E-state index contributed by atoms with van der Waals surface area (Å²) in [6, 6.07) is 6.13. The van der Waals surface area contributed by atoms with E-state index >= 15 is 0 Å². The Labute approximate surface area is 171 Å². The number of benzene rings is 2. The molecule has 1 amide bonds. The monoisotopic (exact) mass is 403 g/mol. The lowest BCUT2D eigenvalue weighted by atomic mass is 9.98. The van der Waals surface area contributed by atoms with E-state index in [1.54, 1.807) is 17.0 Å². The van der Waals surface area contributed by atoms with Gasteiger partial charge in [0.2, 0.25) is 5.75 Å². The number of ether oxygens (including phenoxy) is 3. The minimum absolute atomic E-state index is 0.0112. The molecule has 0 aliphatic rings. The molecule has 2 N–H and O–H groups in total. The number of hydrogen-bond acceptors (Lipinski definition) is 6. The van der Waals surface area contributed by atoms with Crippen molar-refractivity contribution in [2.75, 3.05) is 32.8 Å². The lowest BCUT2D eigenvalue weighted by Gasteiger charge is -2.25. The molecule has 0 saturated heterocycles. The molecule has 158 valence electrons. The molecule has 0 fully saturated rings. The molecule has 0 aliphatic heterocycles. The van der Waals surface area contributed by atoms with Crippen LogP contribution in [0.25, 0.3) is 0 Å². The lowest BCUT2D eigenvalue weighted by molar-refractivity contribution is 0.0984. The Balaban J connectivity index is 2.60. The number of phenolic OH excluding ortho intramolecular Hbond substituents is 2. The van der Waals surface area contributed by atoms with Crippen LogP contribution in [-0.2, 0) is 0 Å². The summed E-state index contributed by atoms with van der Waals surface area (Å²) in [7, 11) is 4.53. The van der Waals surface area contributed by atoms with E-state index in [0.717, 1.165) is 0 Å². The third-order valence-corrected chi connectivity index (χ3v) is 4.65. The third-order valence-electron chi connectivity index (χ3n) is 4.65. The largest absolute Gasteiger partial charge is 0.508 e. The maximum absolute atomic E-state index is 13.4. The summed E-state index contributed by atoms with van der Waals surface area (Å²) < 4.78 is 16.1. The van der Waals surface area contributed by atoms with E-state index in [-0.39, 0.29) is 28.9 Å². The number of nitrogens with zero attached hydrogens (tertiary/aromatic N) is 1. The van der Waals surface area contributed by atoms with Crippen LogP contribution in [0.2, 0.25) is 0 Å². The summed E-state index contributed by atoms with van der Waals surface area (Å²) in [4.78, 5) is 14.9. The van der Waals surface area contributed by atoms with Gasteiger partial charge in [0.05, 0.1) is 32.6 Å². The SMILES string of the molecule is CCCN(C(=O)c1cc(C(C)C)c(O)cc1O)c1cc(OC)c(OC)c(OC)c1. The van der Waals surface area contributed by atoms with Gasteiger partial charge in [0.25, 0.3) is 5.91 Å². The second kappa shape index (κ2) is 9.41. The summed E-state index contributed by atoms with van der Waals surface area (Å²) >= 11 is 0. The van der Waals surface area contributed by atoms with Crippen LogP contribution >= 0.6 is 0 Å². The highest BCUT2D eigenvalue weighted by atomic mass is 16.5. The first kappa shape index (κ1) is 22.2. The zero-order valence-corrected chi connectivity index (χ0v) is 17.8. The number of hydrogen-bond donors (Lipinski definition) is 2. The Morgan fingerprint density at radius 3 is 2.00 bits per heavy atom. The summed E-state index contributed by atoms with van der Waals surface area (Å²) in [5.74, 6) is 0.567. The summed E-state index contributed by atoms with van der Waals surface area (Å²) in [6.45, 7) is 6.18. The van der Waals surface area contributed by atoms with Crippen molar-refractivity contribution < 1.29 is 29.2 Å². The summed E-state index contributed by atoms with van der Waals surface area (Å²) in [5, 5.41) is 20.4. The van der Waals surface area contributed by atoms with Crippen molar-refractivity contribution in [1.82, 2.24) is 0 Å². The van der Waals surface area contributed by atoms with Gasteiger partial charge in [-0.3, -0.25) is 4.79 Å². The van der Waals surface area contributed by atoms with Crippen molar-refractivity contribution in [3.05, 3.63) is 35.4 Å². The Morgan fingerprint density at radius 1 is 0.966 bits per heavy atom. The van der Waals surface area contributed by atoms with Crippen molar-refractivity contribution in [1.29, 1.82) is 0 Å². The van der Waals surface area contributed by atoms with Gasteiger partial charge in [-0.1, -0.05) is 20.8 Å². The molecule has 0 unspecified atom stereocenters. The fraction of sp³-hybridized carbons (Fsp3) is 0.409. The molecule has 0 saturated carbocycles. The van der Waals surface area contributed by atoms with E-state index in [0.29, 0.717) is 41.5 Å². The van der Waals surface area contributed by atoms with Crippen molar-refractivity contribution in [2.24, 2.45) is 0 Å². The molecule has 7 heteroatoms. The number of carbonyl (C=O) groups excluding carboxylic acids is 1. The molecule has 0 aliphatic carbocycles. The van der Waals surface area contributed by atoms with Gasteiger partial charge in [-0.2, -0.15) is 0 Å². The maximum Gasteiger partial charge on any atom is 0.262 e. The number of amides is 1. The van der Waals surface area contributed by atoms with Crippen LogP contribution in [0.3, 0.4) is 0 Å². The van der Waals surface area contributed by atoms with Gasteiger partial charge in [0, 0.05) is 24.7 Å². The molecule has 0 atom stereocenters. The van der Waals surface area contributed by atoms with E-state index in [2.05, 4.69) is 0 Å². The lowest BCUT2D eigenvalue weighted by Crippen LogP contribution is -2.32. The van der Waals surface area contributed by atoms with E-state index in [9.17, 15) is 15.0 Å². The Morgan fingerprint density at radius 2 is 1.55 bits per heavy atom. The van der Waals surface area contributed by atoms with Crippen molar-refractivity contribution >= 4 is 11.6 Å². The molecule has 0 spiro atoms. The quantitative estimate of drug-likeness (QED) is 0.683. The van der Waals surface area contributed by atoms with E-state index in [4.69, 9.17) is 14.2 Å². The highest BCUT2D eigenvalue weighted by Crippen LogP contribution is 2.42. The standard InChI is InChI=1S/C22H29NO6/c1-7-8-23(14-9-19(27-4)21(29-6)20(10-14)28-5)22(26)16-11-15(13(2)3)17(24)12-18(16)25/h9-13,24-25H,7-8H2,1-6H3. The Hall–Kier alpha value is -3.09. The predicted molar refractivity (Wildman–Crippen MR) is 112 cm³/mol. The van der Waals surface area contributed by atoms with E-state index in [1.807, 2.05) is 20.8 Å². The molecule has 0 aromatic heterocycles. The van der Waals surface area contributed by atoms with Gasteiger partial charge in [0.1, 0.15) is 11.5 Å². The van der Waals surface area contributed by atoms with Crippen LogP contribution < -0.4 is 19.1 Å². The molecular formula is C22H29NO6. The number of carbonyl (C=O) groups is 1. The zero-order valence-electron chi connectivity index (χ0n) is 17.8. The first-order chi connectivity index (χ1) is 13.8. The number of aromatic hydroxyl groups is 2. The molecule has 2 aromatic rings. The summed E-state index contributed by atoms with van der Waals surface area (Å²) in [5.41, 5.74) is 1.26. The van der Waals surface area contributed by atoms with Crippen LogP contribution in [0.15, 0.2) is 24.3 Å². The van der Waals surface area contributed by atoms with Gasteiger partial charge < -0.3 is 29.3 Å². The number of methoxy groups -OCH3 is 3. The number of rotatable bonds is 8. The maximum atomic E-state index is 13.4. The highest BCUT2D eigenvalue weighted by Gasteiger charge is 2.25. The third kappa shape index (κ3) is 4.50. The molecule has 0 bridgehead atoms. The first-order valence-electron chi connectivity index (χ1n) is 9.46. The van der Waals surface area contributed by atoms with Crippen LogP contribution in [0.4, 0.5) is 5.69 Å². The highest BCUT2D eigenvalue weighted by molar-refractivity contribution is 6.08. The zero-order chi connectivity index (χ0) is 21.7. The fourth-order valence-corrected chi connectivity index (χ4v) is 3.17. The number of phenols is 2. The van der Waals surface area contributed by atoms with Crippen molar-refractivity contribution in [2.45, 2.75) is 33.1 Å². The van der Waals surface area contributed by atoms with Gasteiger partial charge >= 0.3 is 0 Å².